The molecule has 0 bridgehead atoms. The Labute approximate surface area is 158 Å². The van der Waals surface area contributed by atoms with Gasteiger partial charge in [0.2, 0.25) is 15.6 Å². The first-order chi connectivity index (χ1) is 13.1. The van der Waals surface area contributed by atoms with E-state index in [4.69, 9.17) is 0 Å². The summed E-state index contributed by atoms with van der Waals surface area (Å²) in [6.45, 7) is -0.232. The van der Waals surface area contributed by atoms with Gasteiger partial charge in [-0.3, -0.25) is 9.59 Å². The van der Waals surface area contributed by atoms with Gasteiger partial charge in [0.15, 0.2) is 0 Å². The van der Waals surface area contributed by atoms with Crippen molar-refractivity contribution in [2.75, 3.05) is 26.2 Å². The van der Waals surface area contributed by atoms with Crippen LogP contribution in [0, 0.1) is 0 Å². The molecule has 28 heavy (non-hydrogen) atoms. The van der Waals surface area contributed by atoms with Crippen LogP contribution in [0.2, 0.25) is 0 Å². The number of hydrogen-bond acceptors (Lipinski definition) is 4. The number of aromatic amines is 1. The average molecular weight is 415 g/mol. The lowest BCUT2D eigenvalue weighted by Gasteiger charge is -2.34. The summed E-state index contributed by atoms with van der Waals surface area (Å²) in [4.78, 5) is 26.4. The molecule has 0 aliphatic carbocycles. The Morgan fingerprint density at radius 3 is 2.21 bits per heavy atom. The van der Waals surface area contributed by atoms with E-state index in [1.807, 2.05) is 0 Å². The highest BCUT2D eigenvalue weighted by molar-refractivity contribution is 7.89. The lowest BCUT2D eigenvalue weighted by molar-refractivity contribution is -0.139. The highest BCUT2D eigenvalue weighted by atomic mass is 32.2. The van der Waals surface area contributed by atoms with Crippen molar-refractivity contribution in [2.24, 2.45) is 0 Å². The molecule has 2 heterocycles. The number of alkyl halides is 3. The molecule has 3 rings (SSSR count). The van der Waals surface area contributed by atoms with Crippen LogP contribution in [0.3, 0.4) is 0 Å². The van der Waals surface area contributed by atoms with Crippen LogP contribution in [0.15, 0.2) is 52.3 Å². The minimum atomic E-state index is -4.80. The van der Waals surface area contributed by atoms with Crippen LogP contribution in [0.1, 0.15) is 15.9 Å². The Kier molecular flexibility index (Phi) is 5.31. The number of H-pyrrole nitrogens is 1. The van der Waals surface area contributed by atoms with Crippen molar-refractivity contribution in [3.8, 4) is 0 Å². The van der Waals surface area contributed by atoms with Crippen molar-refractivity contribution in [3.05, 3.63) is 64.1 Å². The van der Waals surface area contributed by atoms with E-state index >= 15 is 0 Å². The molecule has 1 amide bonds. The third-order valence-corrected chi connectivity index (χ3v) is 6.32. The molecule has 2 aromatic rings. The van der Waals surface area contributed by atoms with Gasteiger partial charge in [-0.25, -0.2) is 8.42 Å². The van der Waals surface area contributed by atoms with E-state index in [9.17, 15) is 31.2 Å². The van der Waals surface area contributed by atoms with Crippen molar-refractivity contribution in [2.45, 2.75) is 11.1 Å². The molecular weight excluding hydrogens is 399 g/mol. The topological polar surface area (TPSA) is 90.6 Å². The number of piperazine rings is 1. The van der Waals surface area contributed by atoms with Crippen LogP contribution in [0.4, 0.5) is 13.2 Å². The zero-order valence-corrected chi connectivity index (χ0v) is 15.3. The van der Waals surface area contributed by atoms with Gasteiger partial charge in [0, 0.05) is 38.4 Å². The summed E-state index contributed by atoms with van der Waals surface area (Å²) in [7, 11) is -4.37. The first kappa shape index (κ1) is 20.1. The van der Waals surface area contributed by atoms with Crippen LogP contribution in [-0.2, 0) is 16.2 Å². The summed E-state index contributed by atoms with van der Waals surface area (Å²) in [6.07, 6.45) is -3.54. The zero-order chi connectivity index (χ0) is 20.5. The third kappa shape index (κ3) is 3.94. The van der Waals surface area contributed by atoms with Gasteiger partial charge in [0.25, 0.3) is 5.91 Å². The van der Waals surface area contributed by atoms with Crippen molar-refractivity contribution < 1.29 is 26.4 Å². The molecule has 150 valence electrons. The SMILES string of the molecule is O=C(c1ccc(=O)[nH]c1)N1CCN(S(=O)(=O)c2ccccc2C(F)(F)F)CC1. The molecule has 1 aromatic heterocycles. The number of halogens is 3. The van der Waals surface area contributed by atoms with E-state index in [0.717, 1.165) is 22.5 Å². The number of sulfonamides is 1. The Morgan fingerprint density at radius 1 is 1.00 bits per heavy atom. The average Bonchev–Trinajstić information content (AvgIpc) is 2.67. The van der Waals surface area contributed by atoms with Crippen LogP contribution in [0.5, 0.6) is 0 Å². The van der Waals surface area contributed by atoms with Crippen molar-refractivity contribution in [1.29, 1.82) is 0 Å². The summed E-state index contributed by atoms with van der Waals surface area (Å²) in [5, 5.41) is 0. The normalized spacial score (nSPS) is 16.2. The summed E-state index contributed by atoms with van der Waals surface area (Å²) in [6, 6.07) is 6.56. The Morgan fingerprint density at radius 2 is 1.64 bits per heavy atom. The number of amides is 1. The fourth-order valence-corrected chi connectivity index (χ4v) is 4.56. The molecule has 0 saturated carbocycles. The van der Waals surface area contributed by atoms with Crippen LogP contribution in [0.25, 0.3) is 0 Å². The quantitative estimate of drug-likeness (QED) is 0.824. The minimum Gasteiger partial charge on any atom is -0.336 e. The van der Waals surface area contributed by atoms with Crippen molar-refractivity contribution in [3.63, 3.8) is 0 Å². The van der Waals surface area contributed by atoms with Gasteiger partial charge in [-0.15, -0.1) is 0 Å². The number of pyridine rings is 1. The van der Waals surface area contributed by atoms with Crippen molar-refractivity contribution >= 4 is 15.9 Å². The lowest BCUT2D eigenvalue weighted by Crippen LogP contribution is -2.50. The smallest absolute Gasteiger partial charge is 0.336 e. The van der Waals surface area contributed by atoms with Gasteiger partial charge in [-0.2, -0.15) is 17.5 Å². The second-order valence-corrected chi connectivity index (χ2v) is 8.04. The second-order valence-electron chi connectivity index (χ2n) is 6.13. The van der Waals surface area contributed by atoms with E-state index < -0.39 is 32.6 Å². The number of carbonyl (C=O) groups excluding carboxylic acids is 1. The molecule has 1 fully saturated rings. The molecule has 1 aromatic carbocycles. The first-order valence-corrected chi connectivity index (χ1v) is 9.69. The first-order valence-electron chi connectivity index (χ1n) is 8.25. The number of benzene rings is 1. The maximum atomic E-state index is 13.2. The molecule has 11 heteroatoms. The van der Waals surface area contributed by atoms with Gasteiger partial charge in [0.05, 0.1) is 16.0 Å². The minimum absolute atomic E-state index is 0.0192. The predicted octanol–water partition coefficient (Wildman–Crippen LogP) is 1.54. The number of rotatable bonds is 3. The van der Waals surface area contributed by atoms with Gasteiger partial charge in [0.1, 0.15) is 0 Å². The van der Waals surface area contributed by atoms with Crippen molar-refractivity contribution in [1.82, 2.24) is 14.2 Å². The Bertz CT molecular complexity index is 1020. The van der Waals surface area contributed by atoms with E-state index in [1.54, 1.807) is 0 Å². The second kappa shape index (κ2) is 7.40. The summed E-state index contributed by atoms with van der Waals surface area (Å²) < 4.78 is 65.9. The molecule has 0 atom stereocenters. The van der Waals surface area contributed by atoms with E-state index in [2.05, 4.69) is 4.98 Å². The number of hydrogen-bond donors (Lipinski definition) is 1. The van der Waals surface area contributed by atoms with E-state index in [0.29, 0.717) is 0 Å². The fourth-order valence-electron chi connectivity index (χ4n) is 2.92. The Balaban J connectivity index is 1.77. The van der Waals surface area contributed by atoms with E-state index in [-0.39, 0.29) is 37.3 Å². The van der Waals surface area contributed by atoms with Gasteiger partial charge in [-0.1, -0.05) is 12.1 Å². The molecule has 1 aliphatic rings. The van der Waals surface area contributed by atoms with Crippen LogP contribution in [-0.4, -0.2) is 54.7 Å². The number of carbonyl (C=O) groups is 1. The zero-order valence-electron chi connectivity index (χ0n) is 14.4. The molecule has 0 radical (unpaired) electrons. The van der Waals surface area contributed by atoms with Crippen LogP contribution >= 0.6 is 0 Å². The van der Waals surface area contributed by atoms with Gasteiger partial charge in [-0.05, 0) is 18.2 Å². The fraction of sp³-hybridized carbons (Fsp3) is 0.294. The standard InChI is InChI=1S/C17H16F3N3O4S/c18-17(19,20)13-3-1-2-4-14(13)28(26,27)23-9-7-22(8-10-23)16(25)12-5-6-15(24)21-11-12/h1-6,11H,7-10H2,(H,21,24). The molecule has 1 saturated heterocycles. The molecule has 1 aliphatic heterocycles. The predicted molar refractivity (Wildman–Crippen MR) is 93.2 cm³/mol. The summed E-state index contributed by atoms with van der Waals surface area (Å²) in [5.41, 5.74) is -1.35. The largest absolute Gasteiger partial charge is 0.417 e. The maximum Gasteiger partial charge on any atom is 0.417 e. The molecule has 7 nitrogen and oxygen atoms in total. The third-order valence-electron chi connectivity index (χ3n) is 4.37. The number of nitrogens with one attached hydrogen (secondary N) is 1. The van der Waals surface area contributed by atoms with Crippen LogP contribution < -0.4 is 5.56 Å². The molecule has 0 spiro atoms. The van der Waals surface area contributed by atoms with Gasteiger partial charge >= 0.3 is 6.18 Å². The summed E-state index contributed by atoms with van der Waals surface area (Å²) in [5.74, 6) is -0.399. The Hall–Kier alpha value is -2.66. The monoisotopic (exact) mass is 415 g/mol. The highest BCUT2D eigenvalue weighted by Crippen LogP contribution is 2.35. The molecule has 1 N–H and O–H groups in total. The molecular formula is C17H16F3N3O4S. The number of aromatic nitrogens is 1. The lowest BCUT2D eigenvalue weighted by atomic mass is 10.2. The molecule has 0 unspecified atom stereocenters. The summed E-state index contributed by atoms with van der Waals surface area (Å²) >= 11 is 0. The maximum absolute atomic E-state index is 13.2. The highest BCUT2D eigenvalue weighted by Gasteiger charge is 2.39. The van der Waals surface area contributed by atoms with Gasteiger partial charge < -0.3 is 9.88 Å². The van der Waals surface area contributed by atoms with E-state index in [1.165, 1.54) is 29.3 Å². The number of nitrogens with zero attached hydrogens (tertiary/aromatic N) is 2.